The summed E-state index contributed by atoms with van der Waals surface area (Å²) in [4.78, 5) is 56.5. The van der Waals surface area contributed by atoms with Gasteiger partial charge in [0.15, 0.2) is 0 Å². The average molecular weight is 728 g/mol. The van der Waals surface area contributed by atoms with Crippen molar-refractivity contribution < 1.29 is 19.1 Å². The summed E-state index contributed by atoms with van der Waals surface area (Å²) >= 11 is 0. The van der Waals surface area contributed by atoms with E-state index in [0.717, 1.165) is 18.8 Å². The lowest BCUT2D eigenvalue weighted by Gasteiger charge is -2.41. The van der Waals surface area contributed by atoms with Gasteiger partial charge in [0.25, 0.3) is 0 Å². The number of hydrogen-bond acceptors (Lipinski definition) is 10. The van der Waals surface area contributed by atoms with Crippen LogP contribution in [0.4, 0.5) is 22.9 Å². The minimum absolute atomic E-state index is 0.271. The Morgan fingerprint density at radius 1 is 0.906 bits per heavy atom. The van der Waals surface area contributed by atoms with Gasteiger partial charge in [0.05, 0.1) is 24.4 Å². The summed E-state index contributed by atoms with van der Waals surface area (Å²) in [5.41, 5.74) is 2.65. The number of anilines is 4. The lowest BCUT2D eigenvalue weighted by molar-refractivity contribution is -0.143. The Bertz CT molecular complexity index is 1750. The number of fused-ring (bicyclic) bond motifs is 1. The number of hydrogen-bond donors (Lipinski definition) is 4. The van der Waals surface area contributed by atoms with Crippen molar-refractivity contribution in [1.29, 1.82) is 0 Å². The molecule has 3 aromatic rings. The maximum atomic E-state index is 14.0. The van der Waals surface area contributed by atoms with Crippen LogP contribution in [0, 0.1) is 5.41 Å². The highest BCUT2D eigenvalue weighted by Gasteiger charge is 2.42. The Balaban J connectivity index is 1.15. The second-order valence-electron chi connectivity index (χ2n) is 15.8. The first kappa shape index (κ1) is 38.2. The fourth-order valence-corrected chi connectivity index (χ4v) is 7.85. The molecule has 53 heavy (non-hydrogen) atoms. The number of methoxy groups -OCH3 is 1. The zero-order chi connectivity index (χ0) is 37.7. The van der Waals surface area contributed by atoms with Crippen molar-refractivity contribution in [2.24, 2.45) is 5.41 Å². The van der Waals surface area contributed by atoms with Crippen LogP contribution in [-0.4, -0.2) is 109 Å². The molecule has 0 bridgehead atoms. The van der Waals surface area contributed by atoms with Crippen molar-refractivity contribution >= 4 is 51.5 Å². The van der Waals surface area contributed by atoms with E-state index in [-0.39, 0.29) is 17.7 Å². The molecule has 13 heteroatoms. The van der Waals surface area contributed by atoms with Crippen LogP contribution >= 0.6 is 0 Å². The van der Waals surface area contributed by atoms with Crippen LogP contribution in [-0.2, 0) is 14.4 Å². The quantitative estimate of drug-likeness (QED) is 0.215. The molecule has 286 valence electrons. The van der Waals surface area contributed by atoms with Gasteiger partial charge in [-0.3, -0.25) is 14.4 Å². The maximum Gasteiger partial charge on any atom is 0.247 e. The van der Waals surface area contributed by atoms with Crippen molar-refractivity contribution in [2.75, 3.05) is 62.4 Å². The van der Waals surface area contributed by atoms with Crippen LogP contribution in [0.5, 0.6) is 5.75 Å². The second-order valence-corrected chi connectivity index (χ2v) is 15.8. The standard InChI is InChI=1S/C40H57N9O4/c1-26(41-5)37(50)46-35(40(2,3)4)39(52)49-20-10-11-33(49)38(51)45-32-23-30-31(24-34(32)53-6)42-25-43-36(30)44-27-12-14-28(15-13-27)48-21-16-29(17-22-48)47-18-8-7-9-19-47/h12-15,23-26,29,33,35,41H,7-11,16-22H2,1-6H3,(H,45,51)(H,46,50)(H,42,43,44)/t26-,33?,35+/m0/s1. The van der Waals surface area contributed by atoms with E-state index in [1.807, 2.05) is 26.8 Å². The van der Waals surface area contributed by atoms with Crippen molar-refractivity contribution in [2.45, 2.75) is 96.8 Å². The van der Waals surface area contributed by atoms with Gasteiger partial charge in [0, 0.05) is 48.5 Å². The Hall–Kier alpha value is -4.49. The molecular weight excluding hydrogens is 670 g/mol. The summed E-state index contributed by atoms with van der Waals surface area (Å²) in [5, 5.41) is 13.0. The van der Waals surface area contributed by atoms with Gasteiger partial charge in [-0.25, -0.2) is 9.97 Å². The first-order valence-corrected chi connectivity index (χ1v) is 19.2. The summed E-state index contributed by atoms with van der Waals surface area (Å²) in [6, 6.07) is 10.8. The number of carbonyl (C=O) groups excluding carboxylic acids is 3. The van der Waals surface area contributed by atoms with Crippen LogP contribution in [0.25, 0.3) is 10.9 Å². The van der Waals surface area contributed by atoms with Crippen molar-refractivity contribution in [1.82, 2.24) is 30.4 Å². The summed E-state index contributed by atoms with van der Waals surface area (Å²) in [6.07, 6.45) is 9.13. The normalized spacial score (nSPS) is 19.8. The molecule has 4 heterocycles. The fraction of sp³-hybridized carbons (Fsp3) is 0.575. The van der Waals surface area contributed by atoms with E-state index >= 15 is 0 Å². The van der Waals surface area contributed by atoms with Gasteiger partial charge < -0.3 is 40.7 Å². The number of benzene rings is 2. The molecule has 3 fully saturated rings. The Morgan fingerprint density at radius 2 is 1.62 bits per heavy atom. The van der Waals surface area contributed by atoms with E-state index in [2.05, 4.69) is 65.3 Å². The molecule has 1 aromatic heterocycles. The Morgan fingerprint density at radius 3 is 2.28 bits per heavy atom. The largest absolute Gasteiger partial charge is 0.494 e. The summed E-state index contributed by atoms with van der Waals surface area (Å²) in [7, 11) is 3.24. The summed E-state index contributed by atoms with van der Waals surface area (Å²) in [5.74, 6) is 0.178. The molecule has 13 nitrogen and oxygen atoms in total. The topological polar surface area (TPSA) is 144 Å². The van der Waals surface area contributed by atoms with E-state index < -0.39 is 23.5 Å². The molecule has 3 amide bonds. The third kappa shape index (κ3) is 8.84. The molecule has 3 aliphatic heterocycles. The monoisotopic (exact) mass is 727 g/mol. The molecule has 2 aromatic carbocycles. The highest BCUT2D eigenvalue weighted by atomic mass is 16.5. The number of nitrogens with zero attached hydrogens (tertiary/aromatic N) is 5. The van der Waals surface area contributed by atoms with Crippen LogP contribution in [0.3, 0.4) is 0 Å². The second kappa shape index (κ2) is 16.7. The Kier molecular flexibility index (Phi) is 12.0. The molecule has 3 aliphatic rings. The predicted molar refractivity (Wildman–Crippen MR) is 210 cm³/mol. The lowest BCUT2D eigenvalue weighted by atomic mass is 9.85. The van der Waals surface area contributed by atoms with Crippen LogP contribution < -0.4 is 30.9 Å². The third-order valence-corrected chi connectivity index (χ3v) is 11.1. The number of ether oxygens (including phenoxy) is 1. The van der Waals surface area contributed by atoms with E-state index in [1.54, 1.807) is 32.0 Å². The average Bonchev–Trinajstić information content (AvgIpc) is 3.67. The molecule has 0 spiro atoms. The molecule has 0 radical (unpaired) electrons. The zero-order valence-electron chi connectivity index (χ0n) is 32.2. The van der Waals surface area contributed by atoms with Gasteiger partial charge in [-0.1, -0.05) is 27.2 Å². The molecule has 4 N–H and O–H groups in total. The van der Waals surface area contributed by atoms with Gasteiger partial charge in [0.2, 0.25) is 17.7 Å². The third-order valence-electron chi connectivity index (χ3n) is 11.1. The molecule has 3 saturated heterocycles. The molecular formula is C40H57N9O4. The van der Waals surface area contributed by atoms with Crippen molar-refractivity contribution in [3.63, 3.8) is 0 Å². The highest BCUT2D eigenvalue weighted by molar-refractivity contribution is 6.03. The lowest BCUT2D eigenvalue weighted by Crippen LogP contribution is -2.59. The van der Waals surface area contributed by atoms with Gasteiger partial charge in [0.1, 0.15) is 30.0 Å². The minimum atomic E-state index is -0.800. The molecule has 6 rings (SSSR count). The molecule has 1 unspecified atom stereocenters. The number of aromatic nitrogens is 2. The number of likely N-dealkylation sites (tertiary alicyclic amines) is 2. The first-order valence-electron chi connectivity index (χ1n) is 19.2. The van der Waals surface area contributed by atoms with Crippen LogP contribution in [0.2, 0.25) is 0 Å². The smallest absolute Gasteiger partial charge is 0.247 e. The number of rotatable bonds is 11. The van der Waals surface area contributed by atoms with E-state index in [0.29, 0.717) is 53.6 Å². The summed E-state index contributed by atoms with van der Waals surface area (Å²) in [6.45, 7) is 12.5. The van der Waals surface area contributed by atoms with Gasteiger partial charge in [-0.2, -0.15) is 0 Å². The Labute approximate surface area is 313 Å². The first-order chi connectivity index (χ1) is 25.5. The van der Waals surface area contributed by atoms with E-state index in [9.17, 15) is 14.4 Å². The van der Waals surface area contributed by atoms with Crippen molar-refractivity contribution in [3.05, 3.63) is 42.7 Å². The van der Waals surface area contributed by atoms with E-state index in [4.69, 9.17) is 4.74 Å². The number of likely N-dealkylation sites (N-methyl/N-ethyl adjacent to an activating group) is 1. The summed E-state index contributed by atoms with van der Waals surface area (Å²) < 4.78 is 5.68. The molecule has 3 atom stereocenters. The SMILES string of the molecule is CN[C@@H](C)C(=O)N[C@H](C(=O)N1CCCC1C(=O)Nc1cc2c(Nc3ccc(N4CCC(N5CCCCC5)CC4)cc3)ncnc2cc1OC)C(C)(C)C. The molecule has 0 aliphatic carbocycles. The number of amides is 3. The minimum Gasteiger partial charge on any atom is -0.494 e. The highest BCUT2D eigenvalue weighted by Crippen LogP contribution is 2.35. The number of piperidine rings is 2. The van der Waals surface area contributed by atoms with Gasteiger partial charge in [-0.05, 0) is 101 Å². The number of carbonyl (C=O) groups is 3. The van der Waals surface area contributed by atoms with Crippen molar-refractivity contribution in [3.8, 4) is 5.75 Å². The van der Waals surface area contributed by atoms with E-state index in [1.165, 1.54) is 57.2 Å². The zero-order valence-corrected chi connectivity index (χ0v) is 32.2. The maximum absolute atomic E-state index is 14.0. The predicted octanol–water partition coefficient (Wildman–Crippen LogP) is 4.91. The molecule has 0 saturated carbocycles. The van der Waals surface area contributed by atoms with Gasteiger partial charge in [-0.15, -0.1) is 0 Å². The van der Waals surface area contributed by atoms with Crippen LogP contribution in [0.1, 0.15) is 72.6 Å². The van der Waals surface area contributed by atoms with Crippen LogP contribution in [0.15, 0.2) is 42.7 Å². The fourth-order valence-electron chi connectivity index (χ4n) is 7.85. The number of nitrogens with one attached hydrogen (secondary N) is 4. The van der Waals surface area contributed by atoms with Gasteiger partial charge >= 0.3 is 0 Å².